The van der Waals surface area contributed by atoms with Crippen molar-refractivity contribution in [1.29, 1.82) is 0 Å². The molecule has 2 aliphatic rings. The summed E-state index contributed by atoms with van der Waals surface area (Å²) in [7, 11) is 0. The lowest BCUT2D eigenvalue weighted by Crippen LogP contribution is -2.51. The van der Waals surface area contributed by atoms with Crippen molar-refractivity contribution in [2.75, 3.05) is 37.7 Å². The molecule has 0 bridgehead atoms. The van der Waals surface area contributed by atoms with Crippen LogP contribution in [0.1, 0.15) is 17.7 Å². The average Bonchev–Trinajstić information content (AvgIpc) is 2.72. The zero-order valence-corrected chi connectivity index (χ0v) is 16.1. The summed E-state index contributed by atoms with van der Waals surface area (Å²) in [6.45, 7) is 6.04. The molecule has 0 atom stereocenters. The Morgan fingerprint density at radius 3 is 2.85 bits per heavy atom. The highest BCUT2D eigenvalue weighted by atomic mass is 32.1. The second kappa shape index (κ2) is 7.87. The number of aryl methyl sites for hydroxylation is 1. The smallest absolute Gasteiger partial charge is 0.189 e. The van der Waals surface area contributed by atoms with Crippen LogP contribution in [0.4, 0.5) is 5.82 Å². The third-order valence-electron chi connectivity index (χ3n) is 4.69. The maximum atomic E-state index is 5.69. The summed E-state index contributed by atoms with van der Waals surface area (Å²) >= 11 is 5.54. The van der Waals surface area contributed by atoms with Crippen LogP contribution in [0.3, 0.4) is 0 Å². The van der Waals surface area contributed by atoms with E-state index in [4.69, 9.17) is 17.0 Å². The van der Waals surface area contributed by atoms with Crippen LogP contribution < -0.4 is 15.1 Å². The van der Waals surface area contributed by atoms with Crippen molar-refractivity contribution in [2.24, 2.45) is 5.10 Å². The first-order valence-corrected chi connectivity index (χ1v) is 9.49. The highest BCUT2D eigenvalue weighted by molar-refractivity contribution is 7.80. The number of nitrogens with one attached hydrogen (secondary N) is 1. The fraction of sp³-hybridized carbons (Fsp3) is 0.368. The van der Waals surface area contributed by atoms with Crippen molar-refractivity contribution in [3.63, 3.8) is 0 Å². The Balaban J connectivity index is 1.36. The summed E-state index contributed by atoms with van der Waals surface area (Å²) in [6, 6.07) is 7.97. The maximum Gasteiger partial charge on any atom is 0.189 e. The molecule has 4 rings (SSSR count). The van der Waals surface area contributed by atoms with Gasteiger partial charge in [0.05, 0.1) is 12.3 Å². The van der Waals surface area contributed by atoms with E-state index in [0.29, 0.717) is 18.1 Å². The normalized spacial score (nSPS) is 18.0. The van der Waals surface area contributed by atoms with Crippen LogP contribution in [0, 0.1) is 6.92 Å². The molecule has 8 heteroatoms. The van der Waals surface area contributed by atoms with Crippen LogP contribution in [0.5, 0.6) is 5.75 Å². The molecule has 1 saturated heterocycles. The number of rotatable bonds is 2. The van der Waals surface area contributed by atoms with Crippen molar-refractivity contribution in [1.82, 2.24) is 20.3 Å². The van der Waals surface area contributed by atoms with Gasteiger partial charge in [-0.2, -0.15) is 5.10 Å². The third kappa shape index (κ3) is 4.00. The molecule has 0 aromatic carbocycles. The second-order valence-electron chi connectivity index (χ2n) is 6.60. The number of nitrogens with zero attached hydrogens (tertiary/aromatic N) is 5. The number of ether oxygens (including phenoxy) is 1. The van der Waals surface area contributed by atoms with Crippen molar-refractivity contribution in [3.8, 4) is 5.75 Å². The first-order valence-electron chi connectivity index (χ1n) is 9.08. The van der Waals surface area contributed by atoms with E-state index >= 15 is 0 Å². The number of hydrogen-bond donors (Lipinski definition) is 1. The molecule has 4 heterocycles. The van der Waals surface area contributed by atoms with Crippen molar-refractivity contribution in [3.05, 3.63) is 47.9 Å². The van der Waals surface area contributed by atoms with Crippen LogP contribution in [0.25, 0.3) is 0 Å². The fourth-order valence-corrected chi connectivity index (χ4v) is 3.45. The average molecular weight is 382 g/mol. The molecule has 2 aromatic rings. The van der Waals surface area contributed by atoms with Gasteiger partial charge >= 0.3 is 0 Å². The first kappa shape index (κ1) is 17.7. The zero-order valence-electron chi connectivity index (χ0n) is 15.3. The maximum absolute atomic E-state index is 5.69. The first-order chi connectivity index (χ1) is 13.2. The van der Waals surface area contributed by atoms with Gasteiger partial charge in [0.25, 0.3) is 0 Å². The van der Waals surface area contributed by atoms with Gasteiger partial charge in [0.15, 0.2) is 5.11 Å². The summed E-state index contributed by atoms with van der Waals surface area (Å²) < 4.78 is 5.69. The van der Waals surface area contributed by atoms with Crippen molar-refractivity contribution in [2.45, 2.75) is 13.3 Å². The predicted octanol–water partition coefficient (Wildman–Crippen LogP) is 1.97. The van der Waals surface area contributed by atoms with Gasteiger partial charge in [-0.05, 0) is 42.9 Å². The molecule has 1 fully saturated rings. The lowest BCUT2D eigenvalue weighted by atomic mass is 10.1. The number of piperazine rings is 1. The molecule has 140 valence electrons. The number of hydrogen-bond acceptors (Lipinski definition) is 6. The van der Waals surface area contributed by atoms with Crippen molar-refractivity contribution < 1.29 is 4.74 Å². The Bertz CT molecular complexity index is 849. The summed E-state index contributed by atoms with van der Waals surface area (Å²) in [5.74, 6) is 1.80. The molecule has 2 aliphatic heterocycles. The standard InChI is InChI=1S/C19H22N6OS/c1-14-12-16-18(21-13-14)15(5-11-26-16)22-23-19(27)25-9-7-24(8-10-25)17-4-2-3-6-20-17/h2-4,6,12-13H,5,7-11H2,1H3,(H,23,27)/b22-15-. The van der Waals surface area contributed by atoms with E-state index in [2.05, 4.69) is 30.3 Å². The molecule has 0 amide bonds. The van der Waals surface area contributed by atoms with Crippen molar-refractivity contribution >= 4 is 28.9 Å². The minimum Gasteiger partial charge on any atom is -0.491 e. The van der Waals surface area contributed by atoms with Crippen LogP contribution >= 0.6 is 12.2 Å². The van der Waals surface area contributed by atoms with Crippen LogP contribution in [-0.2, 0) is 0 Å². The topological polar surface area (TPSA) is 65.9 Å². The van der Waals surface area contributed by atoms with Crippen LogP contribution in [-0.4, -0.2) is 58.5 Å². The molecule has 0 aliphatic carbocycles. The number of anilines is 1. The summed E-state index contributed by atoms with van der Waals surface area (Å²) in [5, 5.41) is 5.16. The predicted molar refractivity (Wildman–Crippen MR) is 109 cm³/mol. The van der Waals surface area contributed by atoms with E-state index in [1.807, 2.05) is 43.6 Å². The van der Waals surface area contributed by atoms with E-state index in [1.54, 1.807) is 0 Å². The number of fused-ring (bicyclic) bond motifs is 1. The number of pyridine rings is 2. The Kier molecular flexibility index (Phi) is 5.15. The lowest BCUT2D eigenvalue weighted by molar-refractivity contribution is 0.317. The largest absolute Gasteiger partial charge is 0.491 e. The van der Waals surface area contributed by atoms with Gasteiger partial charge in [-0.25, -0.2) is 4.98 Å². The molecule has 27 heavy (non-hydrogen) atoms. The van der Waals surface area contributed by atoms with E-state index in [-0.39, 0.29) is 0 Å². The quantitative estimate of drug-likeness (QED) is 0.629. The SMILES string of the molecule is Cc1cnc2c(c1)OCC/C2=N/NC(=S)N1CCN(c2ccccn2)CC1. The van der Waals surface area contributed by atoms with Gasteiger partial charge in [-0.15, -0.1) is 0 Å². The summed E-state index contributed by atoms with van der Waals surface area (Å²) in [6.07, 6.45) is 4.37. The second-order valence-corrected chi connectivity index (χ2v) is 6.98. The summed E-state index contributed by atoms with van der Waals surface area (Å²) in [4.78, 5) is 13.3. The number of aromatic nitrogens is 2. The van der Waals surface area contributed by atoms with Gasteiger partial charge in [0.2, 0.25) is 0 Å². The number of hydrazone groups is 1. The Morgan fingerprint density at radius 1 is 1.22 bits per heavy atom. The monoisotopic (exact) mass is 382 g/mol. The van der Waals surface area contributed by atoms with E-state index < -0.39 is 0 Å². The van der Waals surface area contributed by atoms with Gasteiger partial charge in [0, 0.05) is 45.0 Å². The summed E-state index contributed by atoms with van der Waals surface area (Å²) in [5.41, 5.74) is 5.80. The molecule has 0 radical (unpaired) electrons. The van der Waals surface area contributed by atoms with Gasteiger partial charge in [-0.3, -0.25) is 10.4 Å². The highest BCUT2D eigenvalue weighted by Crippen LogP contribution is 2.23. The number of thiocarbonyl (C=S) groups is 1. The molecule has 2 aromatic heterocycles. The van der Waals surface area contributed by atoms with E-state index in [1.165, 1.54) is 0 Å². The minimum atomic E-state index is 0.605. The Morgan fingerprint density at radius 2 is 2.07 bits per heavy atom. The van der Waals surface area contributed by atoms with Gasteiger partial charge in [0.1, 0.15) is 17.3 Å². The highest BCUT2D eigenvalue weighted by Gasteiger charge is 2.21. The Labute approximate surface area is 164 Å². The lowest BCUT2D eigenvalue weighted by Gasteiger charge is -2.36. The van der Waals surface area contributed by atoms with Gasteiger partial charge in [-0.1, -0.05) is 6.07 Å². The third-order valence-corrected chi connectivity index (χ3v) is 5.04. The fourth-order valence-electron chi connectivity index (χ4n) is 3.22. The molecule has 0 unspecified atom stereocenters. The molecule has 1 N–H and O–H groups in total. The van der Waals surface area contributed by atoms with Crippen LogP contribution in [0.2, 0.25) is 0 Å². The van der Waals surface area contributed by atoms with Crippen LogP contribution in [0.15, 0.2) is 41.8 Å². The van der Waals surface area contributed by atoms with Gasteiger partial charge < -0.3 is 14.5 Å². The van der Waals surface area contributed by atoms with E-state index in [9.17, 15) is 0 Å². The minimum absolute atomic E-state index is 0.605. The zero-order chi connectivity index (χ0) is 18.6. The molecular formula is C19H22N6OS. The molecule has 0 saturated carbocycles. The molecule has 0 spiro atoms. The molecular weight excluding hydrogens is 360 g/mol. The Hall–Kier alpha value is -2.74. The molecule has 7 nitrogen and oxygen atoms in total. The van der Waals surface area contributed by atoms with E-state index in [0.717, 1.165) is 54.7 Å².